The van der Waals surface area contributed by atoms with Crippen LogP contribution in [-0.4, -0.2) is 47.3 Å². The number of rotatable bonds is 9. The third kappa shape index (κ3) is 5.34. The van der Waals surface area contributed by atoms with Gasteiger partial charge in [0.05, 0.1) is 17.8 Å². The number of methoxy groups -OCH3 is 1. The molecule has 0 aliphatic rings. The maximum atomic E-state index is 14.2. The number of amides is 3. The van der Waals surface area contributed by atoms with Gasteiger partial charge in [0.25, 0.3) is 11.8 Å². The Bertz CT molecular complexity index is 1520. The number of carbonyl (C=O) groups excluding carboxylic acids is 3. The standard InChI is InChI=1S/C27H28N6O4S/c1-15-6-7-16(2)20(13-15)33(27(36)24-21(28)22(25(29)34)32-38-24)23(26(35)31-11-12-37-3)18-8-9-19-17(14-18)5-4-10-30-19/h4-10,13-14,23H,11-12,28H2,1-3H3,(H2,29,34)(H,31,35). The van der Waals surface area contributed by atoms with Gasteiger partial charge in [-0.05, 0) is 66.3 Å². The van der Waals surface area contributed by atoms with Gasteiger partial charge in [0.2, 0.25) is 5.91 Å². The van der Waals surface area contributed by atoms with Gasteiger partial charge in [-0.3, -0.25) is 24.3 Å². The minimum absolute atomic E-state index is 0.0110. The van der Waals surface area contributed by atoms with Crippen LogP contribution in [0, 0.1) is 13.8 Å². The molecule has 2 heterocycles. The maximum absolute atomic E-state index is 14.2. The van der Waals surface area contributed by atoms with E-state index in [9.17, 15) is 14.4 Å². The Kier molecular flexibility index (Phi) is 7.99. The molecule has 5 N–H and O–H groups in total. The summed E-state index contributed by atoms with van der Waals surface area (Å²) >= 11 is 0.765. The zero-order valence-electron chi connectivity index (χ0n) is 21.2. The second kappa shape index (κ2) is 11.4. The Morgan fingerprint density at radius 2 is 1.92 bits per heavy atom. The highest BCUT2D eigenvalue weighted by molar-refractivity contribution is 7.09. The molecule has 2 aromatic heterocycles. The fourth-order valence-electron chi connectivity index (χ4n) is 4.14. The number of hydrogen-bond acceptors (Lipinski definition) is 8. The molecular formula is C27H28N6O4S. The second-order valence-electron chi connectivity index (χ2n) is 8.75. The van der Waals surface area contributed by atoms with E-state index in [0.717, 1.165) is 33.6 Å². The summed E-state index contributed by atoms with van der Waals surface area (Å²) in [7, 11) is 1.54. The van der Waals surface area contributed by atoms with Crippen LogP contribution in [-0.2, 0) is 9.53 Å². The first-order valence-corrected chi connectivity index (χ1v) is 12.6. The van der Waals surface area contributed by atoms with E-state index in [1.54, 1.807) is 24.4 Å². The lowest BCUT2D eigenvalue weighted by molar-refractivity contribution is -0.122. The minimum atomic E-state index is -1.09. The predicted molar refractivity (Wildman–Crippen MR) is 147 cm³/mol. The van der Waals surface area contributed by atoms with Crippen molar-refractivity contribution in [1.29, 1.82) is 0 Å². The normalized spacial score (nSPS) is 11.8. The van der Waals surface area contributed by atoms with Gasteiger partial charge in [0.15, 0.2) is 5.69 Å². The Hall–Kier alpha value is -4.35. The van der Waals surface area contributed by atoms with Crippen molar-refractivity contribution in [3.8, 4) is 0 Å². The molecule has 0 bridgehead atoms. The number of aromatic nitrogens is 2. The van der Waals surface area contributed by atoms with Gasteiger partial charge >= 0.3 is 0 Å². The molecule has 0 aliphatic carbocycles. The molecule has 38 heavy (non-hydrogen) atoms. The van der Waals surface area contributed by atoms with Crippen LogP contribution in [0.3, 0.4) is 0 Å². The molecule has 196 valence electrons. The number of nitrogen functional groups attached to an aromatic ring is 1. The second-order valence-corrected chi connectivity index (χ2v) is 9.52. The van der Waals surface area contributed by atoms with E-state index in [2.05, 4.69) is 14.7 Å². The third-order valence-electron chi connectivity index (χ3n) is 6.05. The van der Waals surface area contributed by atoms with Crippen LogP contribution in [0.5, 0.6) is 0 Å². The molecule has 0 radical (unpaired) electrons. The number of nitrogens with two attached hydrogens (primary N) is 2. The molecular weight excluding hydrogens is 504 g/mol. The number of fused-ring (bicyclic) bond motifs is 1. The van der Waals surface area contributed by atoms with Crippen LogP contribution >= 0.6 is 11.5 Å². The molecule has 0 spiro atoms. The van der Waals surface area contributed by atoms with Crippen LogP contribution in [0.4, 0.5) is 11.4 Å². The van der Waals surface area contributed by atoms with E-state index in [1.807, 2.05) is 44.2 Å². The quantitative estimate of drug-likeness (QED) is 0.280. The molecule has 10 nitrogen and oxygen atoms in total. The van der Waals surface area contributed by atoms with Crippen molar-refractivity contribution in [2.75, 3.05) is 30.9 Å². The van der Waals surface area contributed by atoms with Crippen LogP contribution < -0.4 is 21.7 Å². The molecule has 11 heteroatoms. The average Bonchev–Trinajstić information content (AvgIpc) is 3.29. The summed E-state index contributed by atoms with van der Waals surface area (Å²) in [5, 5.41) is 3.67. The van der Waals surface area contributed by atoms with Gasteiger partial charge in [-0.2, -0.15) is 4.37 Å². The fourth-order valence-corrected chi connectivity index (χ4v) is 4.88. The molecule has 2 aromatic carbocycles. The predicted octanol–water partition coefficient (Wildman–Crippen LogP) is 3.14. The van der Waals surface area contributed by atoms with Crippen molar-refractivity contribution in [2.45, 2.75) is 19.9 Å². The van der Waals surface area contributed by atoms with Gasteiger partial charge in [0.1, 0.15) is 10.9 Å². The van der Waals surface area contributed by atoms with Crippen LogP contribution in [0.15, 0.2) is 54.7 Å². The average molecular weight is 533 g/mol. The summed E-state index contributed by atoms with van der Waals surface area (Å²) in [5.74, 6) is -1.84. The van der Waals surface area contributed by atoms with E-state index in [1.165, 1.54) is 12.0 Å². The maximum Gasteiger partial charge on any atom is 0.273 e. The third-order valence-corrected chi connectivity index (χ3v) is 6.90. The van der Waals surface area contributed by atoms with Crippen molar-refractivity contribution in [2.24, 2.45) is 5.73 Å². The zero-order chi connectivity index (χ0) is 27.4. The van der Waals surface area contributed by atoms with Gasteiger partial charge in [-0.25, -0.2) is 0 Å². The van der Waals surface area contributed by atoms with Crippen molar-refractivity contribution < 1.29 is 19.1 Å². The van der Waals surface area contributed by atoms with Crippen molar-refractivity contribution in [3.63, 3.8) is 0 Å². The number of hydrogen-bond donors (Lipinski definition) is 3. The summed E-state index contributed by atoms with van der Waals surface area (Å²) in [6.07, 6.45) is 1.69. The van der Waals surface area contributed by atoms with Gasteiger partial charge < -0.3 is 21.5 Å². The van der Waals surface area contributed by atoms with E-state index in [0.29, 0.717) is 17.9 Å². The minimum Gasteiger partial charge on any atom is -0.395 e. The largest absolute Gasteiger partial charge is 0.395 e. The zero-order valence-corrected chi connectivity index (χ0v) is 22.0. The van der Waals surface area contributed by atoms with E-state index in [-0.39, 0.29) is 22.8 Å². The fraction of sp³-hybridized carbons (Fsp3) is 0.222. The first-order valence-electron chi connectivity index (χ1n) is 11.8. The Morgan fingerprint density at radius 1 is 1.13 bits per heavy atom. The number of carbonyl (C=O) groups is 3. The van der Waals surface area contributed by atoms with Crippen LogP contribution in [0.1, 0.15) is 42.9 Å². The Balaban J connectivity index is 1.94. The van der Waals surface area contributed by atoms with Gasteiger partial charge in [0, 0.05) is 30.9 Å². The number of ether oxygens (including phenoxy) is 1. The topological polar surface area (TPSA) is 154 Å². The van der Waals surface area contributed by atoms with Gasteiger partial charge in [-0.15, -0.1) is 0 Å². The van der Waals surface area contributed by atoms with Crippen molar-refractivity contribution in [3.05, 3.63) is 82.0 Å². The molecule has 1 atom stereocenters. The Morgan fingerprint density at radius 3 is 2.63 bits per heavy atom. The monoisotopic (exact) mass is 532 g/mol. The number of anilines is 2. The SMILES string of the molecule is COCCNC(=O)C(c1ccc2ncccc2c1)N(C(=O)c1snc(C(N)=O)c1N)c1cc(C)ccc1C. The summed E-state index contributed by atoms with van der Waals surface area (Å²) in [6.45, 7) is 4.28. The molecule has 0 fully saturated rings. The molecule has 3 amide bonds. The number of pyridine rings is 1. The summed E-state index contributed by atoms with van der Waals surface area (Å²) in [5.41, 5.74) is 14.7. The number of primary amides is 1. The Labute approximate surface area is 223 Å². The highest BCUT2D eigenvalue weighted by Crippen LogP contribution is 2.36. The highest BCUT2D eigenvalue weighted by Gasteiger charge is 2.36. The molecule has 4 rings (SSSR count). The van der Waals surface area contributed by atoms with Crippen molar-refractivity contribution in [1.82, 2.24) is 14.7 Å². The molecule has 0 saturated heterocycles. The van der Waals surface area contributed by atoms with E-state index in [4.69, 9.17) is 16.2 Å². The summed E-state index contributed by atoms with van der Waals surface area (Å²) in [6, 6.07) is 13.6. The lowest BCUT2D eigenvalue weighted by atomic mass is 9.99. The van der Waals surface area contributed by atoms with Crippen LogP contribution in [0.25, 0.3) is 10.9 Å². The van der Waals surface area contributed by atoms with E-state index < -0.39 is 23.8 Å². The number of aryl methyl sites for hydroxylation is 2. The lowest BCUT2D eigenvalue weighted by Gasteiger charge is -2.32. The van der Waals surface area contributed by atoms with E-state index >= 15 is 0 Å². The molecule has 0 saturated carbocycles. The molecule has 4 aromatic rings. The molecule has 1 unspecified atom stereocenters. The lowest BCUT2D eigenvalue weighted by Crippen LogP contribution is -2.45. The highest BCUT2D eigenvalue weighted by atomic mass is 32.1. The first kappa shape index (κ1) is 26.7. The first-order chi connectivity index (χ1) is 18.2. The van der Waals surface area contributed by atoms with Gasteiger partial charge in [-0.1, -0.05) is 24.3 Å². The molecule has 0 aliphatic heterocycles. The number of nitrogens with zero attached hydrogens (tertiary/aromatic N) is 3. The smallest absolute Gasteiger partial charge is 0.273 e. The number of benzene rings is 2. The number of nitrogens with one attached hydrogen (secondary N) is 1. The summed E-state index contributed by atoms with van der Waals surface area (Å²) in [4.78, 5) is 45.6. The summed E-state index contributed by atoms with van der Waals surface area (Å²) < 4.78 is 9.10. The van der Waals surface area contributed by atoms with Crippen molar-refractivity contribution >= 4 is 51.5 Å². The van der Waals surface area contributed by atoms with Crippen LogP contribution in [0.2, 0.25) is 0 Å².